The number of para-hydroxylation sites is 1. The molecule has 2 rings (SSSR count). The highest BCUT2D eigenvalue weighted by atomic mass is 32.2. The average Bonchev–Trinajstić information content (AvgIpc) is 2.58. The van der Waals surface area contributed by atoms with E-state index in [1.807, 2.05) is 0 Å². The quantitative estimate of drug-likeness (QED) is 0.373. The van der Waals surface area contributed by atoms with Crippen LogP contribution in [0.5, 0.6) is 23.0 Å². The smallest absolute Gasteiger partial charge is 0.299 e. The van der Waals surface area contributed by atoms with Crippen LogP contribution in [0.4, 0.5) is 0 Å². The van der Waals surface area contributed by atoms with Crippen molar-refractivity contribution in [1.82, 2.24) is 0 Å². The monoisotopic (exact) mass is 434 g/mol. The summed E-state index contributed by atoms with van der Waals surface area (Å²) in [6, 6.07) is 4.76. The van der Waals surface area contributed by atoms with Crippen LogP contribution in [0.15, 0.2) is 34.1 Å². The Kier molecular flexibility index (Phi) is 5.57. The van der Waals surface area contributed by atoms with E-state index >= 15 is 0 Å². The molecule has 28 heavy (non-hydrogen) atoms. The van der Waals surface area contributed by atoms with Crippen molar-refractivity contribution < 1.29 is 50.4 Å². The van der Waals surface area contributed by atoms with Crippen LogP contribution in [0.1, 0.15) is 15.9 Å². The van der Waals surface area contributed by atoms with Crippen LogP contribution < -0.4 is 9.47 Å². The normalized spacial score (nSPS) is 11.9. The van der Waals surface area contributed by atoms with E-state index in [9.17, 15) is 40.9 Å². The van der Waals surface area contributed by atoms with Crippen LogP contribution in [0.3, 0.4) is 0 Å². The minimum Gasteiger partial charge on any atom is -0.507 e. The molecule has 2 aromatic carbocycles. The minimum absolute atomic E-state index is 0.531. The topological polar surface area (TPSA) is 185 Å². The molecule has 0 aliphatic heterocycles. The Hall–Kier alpha value is -2.87. The summed E-state index contributed by atoms with van der Waals surface area (Å²) in [5, 5.41) is 20.2. The summed E-state index contributed by atoms with van der Waals surface area (Å²) >= 11 is 0. The summed E-state index contributed by atoms with van der Waals surface area (Å²) in [7, 11) is -9.15. The number of carbonyl (C=O) groups is 1. The zero-order chi connectivity index (χ0) is 21.4. The number of methoxy groups -OCH3 is 2. The summed E-state index contributed by atoms with van der Waals surface area (Å²) < 4.78 is 76.1. The molecule has 0 atom stereocenters. The van der Waals surface area contributed by atoms with Crippen LogP contribution in [-0.2, 0) is 20.2 Å². The average molecular weight is 434 g/mol. The molecule has 152 valence electrons. The number of aromatic hydroxyl groups is 2. The second-order valence-corrected chi connectivity index (χ2v) is 7.96. The van der Waals surface area contributed by atoms with Crippen molar-refractivity contribution in [2.24, 2.45) is 0 Å². The number of benzene rings is 2. The Balaban J connectivity index is 3.18. The molecule has 11 nitrogen and oxygen atoms in total. The van der Waals surface area contributed by atoms with Gasteiger partial charge in [-0.2, -0.15) is 16.8 Å². The maximum atomic E-state index is 12.8. The summed E-state index contributed by atoms with van der Waals surface area (Å²) in [6.45, 7) is 0. The van der Waals surface area contributed by atoms with Crippen molar-refractivity contribution in [3.63, 3.8) is 0 Å². The van der Waals surface area contributed by atoms with Gasteiger partial charge in [-0.3, -0.25) is 13.9 Å². The molecule has 0 aromatic heterocycles. The van der Waals surface area contributed by atoms with Gasteiger partial charge in [0.05, 0.1) is 25.3 Å². The van der Waals surface area contributed by atoms with Gasteiger partial charge in [0.25, 0.3) is 20.2 Å². The molecule has 0 amide bonds. The molecule has 0 bridgehead atoms. The summed E-state index contributed by atoms with van der Waals surface area (Å²) in [5.74, 6) is -4.98. The Morgan fingerprint density at radius 3 is 1.79 bits per heavy atom. The van der Waals surface area contributed by atoms with Crippen molar-refractivity contribution >= 4 is 26.0 Å². The zero-order valence-corrected chi connectivity index (χ0v) is 15.9. The van der Waals surface area contributed by atoms with Gasteiger partial charge >= 0.3 is 0 Å². The highest BCUT2D eigenvalue weighted by Gasteiger charge is 2.40. The predicted octanol–water partition coefficient (Wildman–Crippen LogP) is 0.839. The molecule has 0 saturated carbocycles. The van der Waals surface area contributed by atoms with Gasteiger partial charge in [-0.25, -0.2) is 0 Å². The lowest BCUT2D eigenvalue weighted by atomic mass is 10.0. The first-order valence-corrected chi connectivity index (χ1v) is 10.0. The fourth-order valence-electron chi connectivity index (χ4n) is 2.51. The van der Waals surface area contributed by atoms with E-state index in [2.05, 4.69) is 0 Å². The van der Waals surface area contributed by atoms with Gasteiger partial charge in [-0.15, -0.1) is 0 Å². The molecule has 0 unspecified atom stereocenters. The Labute approximate surface area is 159 Å². The van der Waals surface area contributed by atoms with Gasteiger partial charge in [-0.05, 0) is 12.1 Å². The molecule has 0 spiro atoms. The molecule has 0 aliphatic carbocycles. The van der Waals surface area contributed by atoms with Gasteiger partial charge < -0.3 is 19.7 Å². The first-order valence-electron chi connectivity index (χ1n) is 7.14. The SMILES string of the molecule is COc1c(O)c(C(=O)c2ccccc2O)c(S(=O)(=O)O)c(S(=O)(=O)O)c1OC. The molecule has 13 heteroatoms. The van der Waals surface area contributed by atoms with E-state index in [-0.39, 0.29) is 0 Å². The Bertz CT molecular complexity index is 1160. The third kappa shape index (κ3) is 3.60. The van der Waals surface area contributed by atoms with Crippen molar-refractivity contribution in [2.75, 3.05) is 14.2 Å². The molecular formula is C15H14O11S2. The second kappa shape index (κ2) is 7.27. The van der Waals surface area contributed by atoms with Gasteiger partial charge in [-0.1, -0.05) is 12.1 Å². The van der Waals surface area contributed by atoms with Crippen molar-refractivity contribution in [3.05, 3.63) is 35.4 Å². The number of phenolic OH excluding ortho intramolecular Hbond substituents is 2. The van der Waals surface area contributed by atoms with E-state index < -0.39 is 69.9 Å². The third-order valence-electron chi connectivity index (χ3n) is 3.60. The van der Waals surface area contributed by atoms with E-state index in [1.165, 1.54) is 12.1 Å². The van der Waals surface area contributed by atoms with Crippen LogP contribution in [0, 0.1) is 0 Å². The lowest BCUT2D eigenvalue weighted by Gasteiger charge is -2.19. The predicted molar refractivity (Wildman–Crippen MR) is 92.4 cm³/mol. The van der Waals surface area contributed by atoms with E-state index in [0.717, 1.165) is 26.4 Å². The number of ether oxygens (including phenoxy) is 2. The lowest BCUT2D eigenvalue weighted by molar-refractivity contribution is 0.102. The molecule has 2 aromatic rings. The number of hydrogen-bond donors (Lipinski definition) is 4. The minimum atomic E-state index is -5.53. The van der Waals surface area contributed by atoms with Crippen molar-refractivity contribution in [3.8, 4) is 23.0 Å². The van der Waals surface area contributed by atoms with Crippen LogP contribution in [-0.4, -0.2) is 56.2 Å². The fraction of sp³-hybridized carbons (Fsp3) is 0.133. The van der Waals surface area contributed by atoms with E-state index in [1.54, 1.807) is 0 Å². The maximum Gasteiger partial charge on any atom is 0.299 e. The van der Waals surface area contributed by atoms with E-state index in [4.69, 9.17) is 9.47 Å². The molecule has 0 aliphatic rings. The third-order valence-corrected chi connectivity index (χ3v) is 5.56. The zero-order valence-electron chi connectivity index (χ0n) is 14.3. The van der Waals surface area contributed by atoms with Crippen LogP contribution in [0.25, 0.3) is 0 Å². The first-order chi connectivity index (χ1) is 12.9. The highest BCUT2D eigenvalue weighted by molar-refractivity contribution is 7.89. The first kappa shape index (κ1) is 21.4. The number of hydrogen-bond acceptors (Lipinski definition) is 9. The number of phenols is 2. The summed E-state index contributed by atoms with van der Waals surface area (Å²) in [4.78, 5) is 9.67. The molecule has 0 fully saturated rings. The number of carbonyl (C=O) groups excluding carboxylic acids is 1. The van der Waals surface area contributed by atoms with Crippen LogP contribution >= 0.6 is 0 Å². The maximum absolute atomic E-state index is 12.8. The standard InChI is InChI=1S/C15H14O11S2/c1-25-12-11(18)9(10(17)7-5-3-4-6-8(7)16)14(27(19,20)21)15(13(12)26-2)28(22,23)24/h3-6,16,18H,1-2H3,(H,19,20,21)(H,22,23,24). The Morgan fingerprint density at radius 1 is 0.857 bits per heavy atom. The van der Waals surface area contributed by atoms with Gasteiger partial charge in [0.2, 0.25) is 11.5 Å². The number of ketones is 1. The second-order valence-electron chi connectivity index (χ2n) is 5.24. The number of rotatable bonds is 6. The molecule has 4 N–H and O–H groups in total. The van der Waals surface area contributed by atoms with Gasteiger partial charge in [0.1, 0.15) is 10.6 Å². The van der Waals surface area contributed by atoms with E-state index in [0.29, 0.717) is 0 Å². The Morgan fingerprint density at radius 2 is 1.36 bits per heavy atom. The van der Waals surface area contributed by atoms with Gasteiger partial charge in [0.15, 0.2) is 16.4 Å². The molecule has 0 radical (unpaired) electrons. The van der Waals surface area contributed by atoms with Crippen molar-refractivity contribution in [1.29, 1.82) is 0 Å². The molecule has 0 heterocycles. The molecular weight excluding hydrogens is 420 g/mol. The highest BCUT2D eigenvalue weighted by Crippen LogP contribution is 2.49. The lowest BCUT2D eigenvalue weighted by Crippen LogP contribution is -2.17. The van der Waals surface area contributed by atoms with Gasteiger partial charge in [0, 0.05) is 0 Å². The van der Waals surface area contributed by atoms with Crippen LogP contribution in [0.2, 0.25) is 0 Å². The summed E-state index contributed by atoms with van der Waals surface area (Å²) in [6.07, 6.45) is 0. The summed E-state index contributed by atoms with van der Waals surface area (Å²) in [5.41, 5.74) is -1.79. The molecule has 0 saturated heterocycles. The van der Waals surface area contributed by atoms with Crippen molar-refractivity contribution in [2.45, 2.75) is 9.79 Å². The largest absolute Gasteiger partial charge is 0.507 e. The fourth-order valence-corrected chi connectivity index (χ4v) is 4.67.